The molecule has 166 valence electrons. The molecule has 1 fully saturated rings. The first-order valence-electron chi connectivity index (χ1n) is 10.2. The first-order chi connectivity index (χ1) is 15.3. The number of aromatic nitrogens is 1. The fraction of sp³-hybridized carbons (Fsp3) is 0.250. The van der Waals surface area contributed by atoms with E-state index in [0.717, 1.165) is 18.4 Å². The molecule has 0 atom stereocenters. The van der Waals surface area contributed by atoms with Crippen molar-refractivity contribution >= 4 is 33.1 Å². The van der Waals surface area contributed by atoms with E-state index >= 15 is 0 Å². The van der Waals surface area contributed by atoms with Crippen molar-refractivity contribution in [3.63, 3.8) is 0 Å². The molecule has 0 saturated carbocycles. The zero-order valence-corrected chi connectivity index (χ0v) is 19.1. The molecule has 0 spiro atoms. The maximum Gasteiger partial charge on any atom is 0.261 e. The molecule has 0 radical (unpaired) electrons. The number of sulfonamides is 1. The third kappa shape index (κ3) is 4.70. The van der Waals surface area contributed by atoms with E-state index in [1.165, 1.54) is 24.4 Å². The molecule has 0 unspecified atom stereocenters. The van der Waals surface area contributed by atoms with Gasteiger partial charge in [-0.15, -0.1) is 0 Å². The Bertz CT molecular complexity index is 1220. The molecule has 1 aromatic heterocycles. The molecular formula is C24H23ClN2O4S. The third-order valence-corrected chi connectivity index (χ3v) is 7.47. The summed E-state index contributed by atoms with van der Waals surface area (Å²) >= 11 is 6.09. The first kappa shape index (κ1) is 22.5. The van der Waals surface area contributed by atoms with Crippen molar-refractivity contribution in [3.8, 4) is 0 Å². The van der Waals surface area contributed by atoms with E-state index in [1.54, 1.807) is 30.5 Å². The molecular weight excluding hydrogens is 448 g/mol. The van der Waals surface area contributed by atoms with Gasteiger partial charge in [-0.1, -0.05) is 30.7 Å². The van der Waals surface area contributed by atoms with Crippen LogP contribution in [0.2, 0.25) is 5.02 Å². The minimum atomic E-state index is -3.92. The van der Waals surface area contributed by atoms with Crippen LogP contribution in [0.4, 0.5) is 5.69 Å². The summed E-state index contributed by atoms with van der Waals surface area (Å²) in [7, 11) is -3.92. The van der Waals surface area contributed by atoms with E-state index in [0.29, 0.717) is 23.8 Å². The second kappa shape index (κ2) is 9.02. The highest BCUT2D eigenvalue weighted by Crippen LogP contribution is 2.35. The van der Waals surface area contributed by atoms with Gasteiger partial charge in [0.15, 0.2) is 5.78 Å². The highest BCUT2D eigenvalue weighted by Gasteiger charge is 2.29. The second-order valence-corrected chi connectivity index (χ2v) is 10.2. The predicted molar refractivity (Wildman–Crippen MR) is 124 cm³/mol. The van der Waals surface area contributed by atoms with E-state index in [1.807, 2.05) is 12.1 Å². The molecule has 4 rings (SSSR count). The largest absolute Gasteiger partial charge is 0.381 e. The van der Waals surface area contributed by atoms with Gasteiger partial charge >= 0.3 is 0 Å². The van der Waals surface area contributed by atoms with Gasteiger partial charge in [-0.2, -0.15) is 0 Å². The Morgan fingerprint density at radius 1 is 1.09 bits per heavy atom. The fourth-order valence-corrected chi connectivity index (χ4v) is 5.05. The van der Waals surface area contributed by atoms with Gasteiger partial charge in [-0.3, -0.25) is 14.5 Å². The summed E-state index contributed by atoms with van der Waals surface area (Å²) in [6, 6.07) is 14.6. The smallest absolute Gasteiger partial charge is 0.261 e. The topological polar surface area (TPSA) is 85.4 Å². The number of hydrogen-bond acceptors (Lipinski definition) is 5. The number of halogens is 1. The van der Waals surface area contributed by atoms with Crippen LogP contribution in [0.1, 0.15) is 41.3 Å². The fourth-order valence-electron chi connectivity index (χ4n) is 3.80. The highest BCUT2D eigenvalue weighted by molar-refractivity contribution is 7.92. The monoisotopic (exact) mass is 470 g/mol. The van der Waals surface area contributed by atoms with Crippen molar-refractivity contribution in [2.75, 3.05) is 17.9 Å². The van der Waals surface area contributed by atoms with Crippen LogP contribution in [0, 0.1) is 0 Å². The lowest BCUT2D eigenvalue weighted by Gasteiger charge is -2.34. The molecule has 3 aromatic rings. The van der Waals surface area contributed by atoms with Crippen LogP contribution in [0.25, 0.3) is 0 Å². The zero-order valence-electron chi connectivity index (χ0n) is 17.5. The molecule has 6 nitrogen and oxygen atoms in total. The summed E-state index contributed by atoms with van der Waals surface area (Å²) in [4.78, 5) is 17.0. The zero-order chi connectivity index (χ0) is 22.8. The number of ether oxygens (including phenoxy) is 1. The lowest BCUT2D eigenvalue weighted by Crippen LogP contribution is -2.30. The summed E-state index contributed by atoms with van der Waals surface area (Å²) in [5.74, 6) is -0.374. The molecule has 8 heteroatoms. The Labute approximate surface area is 192 Å². The molecule has 0 amide bonds. The maximum absolute atomic E-state index is 13.1. The Morgan fingerprint density at radius 2 is 1.81 bits per heavy atom. The Hall–Kier alpha value is -2.74. The Morgan fingerprint density at radius 3 is 2.47 bits per heavy atom. The number of pyridine rings is 1. The van der Waals surface area contributed by atoms with E-state index in [2.05, 4.69) is 16.6 Å². The van der Waals surface area contributed by atoms with Crippen LogP contribution < -0.4 is 4.72 Å². The van der Waals surface area contributed by atoms with Crippen LogP contribution in [0.15, 0.2) is 71.9 Å². The van der Waals surface area contributed by atoms with Gasteiger partial charge in [0, 0.05) is 41.8 Å². The molecule has 32 heavy (non-hydrogen) atoms. The lowest BCUT2D eigenvalue weighted by atomic mass is 9.76. The average molecular weight is 471 g/mol. The summed E-state index contributed by atoms with van der Waals surface area (Å²) in [6.45, 7) is 3.56. The van der Waals surface area contributed by atoms with Gasteiger partial charge in [0.2, 0.25) is 0 Å². The average Bonchev–Trinajstić information content (AvgIpc) is 2.81. The van der Waals surface area contributed by atoms with Crippen LogP contribution in [-0.4, -0.2) is 32.4 Å². The minimum Gasteiger partial charge on any atom is -0.381 e. The van der Waals surface area contributed by atoms with Crippen LogP contribution in [0.3, 0.4) is 0 Å². The van der Waals surface area contributed by atoms with Crippen LogP contribution in [0.5, 0.6) is 0 Å². The molecule has 1 aliphatic rings. The number of hydrogen-bond donors (Lipinski definition) is 1. The summed E-state index contributed by atoms with van der Waals surface area (Å²) in [5, 5.41) is 0.328. The number of ketones is 1. The van der Waals surface area contributed by atoms with Crippen molar-refractivity contribution in [2.24, 2.45) is 0 Å². The van der Waals surface area contributed by atoms with Crippen molar-refractivity contribution in [1.29, 1.82) is 0 Å². The van der Waals surface area contributed by atoms with Crippen molar-refractivity contribution in [3.05, 3.63) is 88.7 Å². The number of rotatable bonds is 6. The molecule has 0 aliphatic carbocycles. The second-order valence-electron chi connectivity index (χ2n) is 8.06. The van der Waals surface area contributed by atoms with Gasteiger partial charge in [0.05, 0.1) is 10.6 Å². The van der Waals surface area contributed by atoms with Crippen molar-refractivity contribution in [2.45, 2.75) is 30.1 Å². The first-order valence-corrected chi connectivity index (χ1v) is 12.1. The van der Waals surface area contributed by atoms with Gasteiger partial charge in [0.1, 0.15) is 0 Å². The van der Waals surface area contributed by atoms with E-state index in [9.17, 15) is 13.2 Å². The third-order valence-electron chi connectivity index (χ3n) is 5.85. The van der Waals surface area contributed by atoms with Crippen molar-refractivity contribution in [1.82, 2.24) is 4.98 Å². The summed E-state index contributed by atoms with van der Waals surface area (Å²) < 4.78 is 34.2. The van der Waals surface area contributed by atoms with Crippen LogP contribution >= 0.6 is 11.6 Å². The molecule has 1 aliphatic heterocycles. The maximum atomic E-state index is 13.1. The van der Waals surface area contributed by atoms with Gasteiger partial charge in [-0.25, -0.2) is 8.42 Å². The predicted octanol–water partition coefficient (Wildman–Crippen LogP) is 4.83. The minimum absolute atomic E-state index is 0.0343. The van der Waals surface area contributed by atoms with Crippen molar-refractivity contribution < 1.29 is 17.9 Å². The molecule has 1 saturated heterocycles. The standard InChI is InChI=1S/C24H23ClN2O4S/c1-24(10-13-31-14-11-24)18-4-7-20(8-5-18)32(29,30)27-22-9-6-19(25)15-21(22)23(28)17-3-2-12-26-16-17/h2-9,12,15-16,27H,10-11,13-14H2,1H3. The summed E-state index contributed by atoms with van der Waals surface area (Å²) in [6.07, 6.45) is 4.77. The molecule has 2 aromatic carbocycles. The number of carbonyl (C=O) groups is 1. The molecule has 0 bridgehead atoms. The van der Waals surface area contributed by atoms with E-state index < -0.39 is 10.0 Å². The molecule has 1 N–H and O–H groups in total. The molecule has 2 heterocycles. The number of nitrogens with one attached hydrogen (secondary N) is 1. The Balaban J connectivity index is 1.62. The van der Waals surface area contributed by atoms with E-state index in [4.69, 9.17) is 16.3 Å². The Kier molecular flexibility index (Phi) is 6.33. The number of nitrogens with zero attached hydrogens (tertiary/aromatic N) is 1. The highest BCUT2D eigenvalue weighted by atomic mass is 35.5. The van der Waals surface area contributed by atoms with Gasteiger partial charge < -0.3 is 4.74 Å². The van der Waals surface area contributed by atoms with Crippen LogP contribution in [-0.2, 0) is 20.2 Å². The summed E-state index contributed by atoms with van der Waals surface area (Å²) in [5.41, 5.74) is 1.69. The SMILES string of the molecule is CC1(c2ccc(S(=O)(=O)Nc3ccc(Cl)cc3C(=O)c3cccnc3)cc2)CCOCC1. The lowest BCUT2D eigenvalue weighted by molar-refractivity contribution is 0.0564. The number of carbonyl (C=O) groups excluding carboxylic acids is 1. The number of anilines is 1. The van der Waals surface area contributed by atoms with E-state index in [-0.39, 0.29) is 27.3 Å². The quantitative estimate of drug-likeness (QED) is 0.521. The van der Waals surface area contributed by atoms with Gasteiger partial charge in [-0.05, 0) is 66.3 Å². The normalized spacial score (nSPS) is 15.8. The van der Waals surface area contributed by atoms with Gasteiger partial charge in [0.25, 0.3) is 10.0 Å². The number of benzene rings is 2.